The van der Waals surface area contributed by atoms with Crippen molar-refractivity contribution in [1.29, 1.82) is 0 Å². The van der Waals surface area contributed by atoms with Crippen LogP contribution in [0, 0.1) is 0 Å². The van der Waals surface area contributed by atoms with Gasteiger partial charge in [-0.1, -0.05) is 42.5 Å². The van der Waals surface area contributed by atoms with E-state index in [1.807, 2.05) is 26.0 Å². The zero-order valence-corrected chi connectivity index (χ0v) is 20.0. The largest absolute Gasteiger partial charge is 0.496 e. The van der Waals surface area contributed by atoms with Gasteiger partial charge in [-0.05, 0) is 68.3 Å². The molecule has 3 aromatic carbocycles. The summed E-state index contributed by atoms with van der Waals surface area (Å²) in [5.41, 5.74) is 4.99. The summed E-state index contributed by atoms with van der Waals surface area (Å²) in [6.45, 7) is 5.85. The lowest BCUT2D eigenvalue weighted by Gasteiger charge is -2.21. The van der Waals surface area contributed by atoms with Crippen molar-refractivity contribution in [3.63, 3.8) is 0 Å². The third-order valence-electron chi connectivity index (χ3n) is 5.56. The summed E-state index contributed by atoms with van der Waals surface area (Å²) >= 11 is 0. The van der Waals surface area contributed by atoms with Crippen LogP contribution in [-0.2, 0) is 6.54 Å². The number of anilines is 1. The number of hydrogen-bond acceptors (Lipinski definition) is 4. The lowest BCUT2D eigenvalue weighted by atomic mass is 9.88. The molecule has 3 rings (SSSR count). The van der Waals surface area contributed by atoms with Crippen molar-refractivity contribution in [2.45, 2.75) is 38.8 Å². The van der Waals surface area contributed by atoms with Crippen molar-refractivity contribution in [3.05, 3.63) is 89.5 Å². The van der Waals surface area contributed by atoms with Crippen molar-refractivity contribution < 1.29 is 9.47 Å². The molecule has 170 valence electrons. The second-order valence-electron chi connectivity index (χ2n) is 8.56. The van der Waals surface area contributed by atoms with Crippen molar-refractivity contribution >= 4 is 5.69 Å². The molecule has 0 amide bonds. The first-order valence-electron chi connectivity index (χ1n) is 11.3. The number of benzene rings is 3. The highest BCUT2D eigenvalue weighted by Crippen LogP contribution is 2.35. The molecule has 0 saturated carbocycles. The highest BCUT2D eigenvalue weighted by atomic mass is 16.5. The average molecular weight is 433 g/mol. The molecular weight excluding hydrogens is 396 g/mol. The third kappa shape index (κ3) is 6.51. The van der Waals surface area contributed by atoms with Crippen molar-refractivity contribution in [1.82, 2.24) is 5.32 Å². The second-order valence-corrected chi connectivity index (χ2v) is 8.56. The van der Waals surface area contributed by atoms with Crippen molar-refractivity contribution in [2.24, 2.45) is 0 Å². The Morgan fingerprint density at radius 1 is 0.875 bits per heavy atom. The van der Waals surface area contributed by atoms with E-state index in [1.54, 1.807) is 7.11 Å². The molecule has 32 heavy (non-hydrogen) atoms. The van der Waals surface area contributed by atoms with Crippen LogP contribution in [0.4, 0.5) is 5.69 Å². The first kappa shape index (κ1) is 23.7. The molecule has 0 spiro atoms. The van der Waals surface area contributed by atoms with Gasteiger partial charge in [0, 0.05) is 37.8 Å². The minimum Gasteiger partial charge on any atom is -0.496 e. The molecular formula is C28H36N2O2. The highest BCUT2D eigenvalue weighted by molar-refractivity contribution is 5.46. The van der Waals surface area contributed by atoms with E-state index in [4.69, 9.17) is 9.47 Å². The van der Waals surface area contributed by atoms with Crippen LogP contribution in [-0.4, -0.2) is 33.9 Å². The lowest BCUT2D eigenvalue weighted by molar-refractivity contribution is 0.242. The molecule has 0 saturated heterocycles. The maximum atomic E-state index is 5.83. The molecule has 0 fully saturated rings. The summed E-state index contributed by atoms with van der Waals surface area (Å²) in [5.74, 6) is 2.07. The van der Waals surface area contributed by atoms with E-state index in [9.17, 15) is 0 Å². The van der Waals surface area contributed by atoms with Gasteiger partial charge < -0.3 is 19.7 Å². The Morgan fingerprint density at radius 2 is 1.56 bits per heavy atom. The van der Waals surface area contributed by atoms with Crippen LogP contribution >= 0.6 is 0 Å². The number of methoxy groups -OCH3 is 1. The Labute approximate surface area is 193 Å². The van der Waals surface area contributed by atoms with Gasteiger partial charge in [-0.2, -0.15) is 0 Å². The Morgan fingerprint density at radius 3 is 2.19 bits per heavy atom. The first-order chi connectivity index (χ1) is 15.5. The predicted octanol–water partition coefficient (Wildman–Crippen LogP) is 5.86. The molecule has 0 heterocycles. The topological polar surface area (TPSA) is 33.7 Å². The lowest BCUT2D eigenvalue weighted by Crippen LogP contribution is -2.18. The van der Waals surface area contributed by atoms with Gasteiger partial charge in [0.05, 0.1) is 13.2 Å². The zero-order chi connectivity index (χ0) is 22.9. The Hall–Kier alpha value is -2.98. The van der Waals surface area contributed by atoms with Crippen molar-refractivity contribution in [3.8, 4) is 11.5 Å². The molecule has 4 heteroatoms. The monoisotopic (exact) mass is 432 g/mol. The summed E-state index contributed by atoms with van der Waals surface area (Å²) in [6, 6.07) is 25.5. The molecule has 0 aliphatic rings. The summed E-state index contributed by atoms with van der Waals surface area (Å²) in [4.78, 5) is 2.12. The number of hydrogen-bond donors (Lipinski definition) is 1. The summed E-state index contributed by atoms with van der Waals surface area (Å²) < 4.78 is 11.5. The second kappa shape index (κ2) is 11.6. The van der Waals surface area contributed by atoms with Gasteiger partial charge in [-0.25, -0.2) is 0 Å². The maximum absolute atomic E-state index is 5.83. The van der Waals surface area contributed by atoms with Gasteiger partial charge in [0.1, 0.15) is 11.5 Å². The Kier molecular flexibility index (Phi) is 8.57. The van der Waals surface area contributed by atoms with Gasteiger partial charge in [-0.3, -0.25) is 0 Å². The van der Waals surface area contributed by atoms with Crippen LogP contribution in [0.15, 0.2) is 72.8 Å². The molecule has 0 unspecified atom stereocenters. The van der Waals surface area contributed by atoms with Gasteiger partial charge >= 0.3 is 0 Å². The fourth-order valence-corrected chi connectivity index (χ4v) is 3.90. The van der Waals surface area contributed by atoms with Crippen LogP contribution < -0.4 is 19.7 Å². The fourth-order valence-electron chi connectivity index (χ4n) is 3.90. The van der Waals surface area contributed by atoms with Crippen LogP contribution in [0.3, 0.4) is 0 Å². The molecule has 1 atom stereocenters. The van der Waals surface area contributed by atoms with Gasteiger partial charge in [0.25, 0.3) is 0 Å². The minimum atomic E-state index is 0.168. The number of nitrogens with one attached hydrogen (secondary N) is 1. The molecule has 0 bridgehead atoms. The molecule has 0 radical (unpaired) electrons. The Bertz CT molecular complexity index is 950. The van der Waals surface area contributed by atoms with Crippen LogP contribution in [0.2, 0.25) is 0 Å². The minimum absolute atomic E-state index is 0.168. The van der Waals surface area contributed by atoms with Crippen LogP contribution in [0.25, 0.3) is 0 Å². The van der Waals surface area contributed by atoms with E-state index in [0.717, 1.165) is 31.0 Å². The van der Waals surface area contributed by atoms with E-state index in [1.165, 1.54) is 22.4 Å². The van der Waals surface area contributed by atoms with E-state index in [0.29, 0.717) is 0 Å². The number of ether oxygens (including phenoxy) is 2. The SMILES string of the molecule is COc1ccccc1[C@@H](CCNCc1ccc(N(C)C)cc1)c1ccc(OC(C)C)cc1. The Balaban J connectivity index is 1.70. The molecule has 0 aliphatic heterocycles. The summed E-state index contributed by atoms with van der Waals surface area (Å²) in [6.07, 6.45) is 1.14. The summed E-state index contributed by atoms with van der Waals surface area (Å²) in [5, 5.41) is 3.62. The number of rotatable bonds is 11. The molecule has 0 aromatic heterocycles. The van der Waals surface area contributed by atoms with Gasteiger partial charge in [0.15, 0.2) is 0 Å². The summed E-state index contributed by atoms with van der Waals surface area (Å²) in [7, 11) is 5.87. The van der Waals surface area contributed by atoms with Gasteiger partial charge in [0.2, 0.25) is 0 Å². The molecule has 4 nitrogen and oxygen atoms in total. The first-order valence-corrected chi connectivity index (χ1v) is 11.3. The molecule has 0 aliphatic carbocycles. The maximum Gasteiger partial charge on any atom is 0.122 e. The number of para-hydroxylation sites is 1. The van der Waals surface area contributed by atoms with Crippen LogP contribution in [0.1, 0.15) is 42.9 Å². The van der Waals surface area contributed by atoms with Crippen LogP contribution in [0.5, 0.6) is 11.5 Å². The van der Waals surface area contributed by atoms with E-state index in [2.05, 4.69) is 85.0 Å². The van der Waals surface area contributed by atoms with Crippen molar-refractivity contribution in [2.75, 3.05) is 32.6 Å². The zero-order valence-electron chi connectivity index (χ0n) is 20.0. The fraction of sp³-hybridized carbons (Fsp3) is 0.357. The van der Waals surface area contributed by atoms with Gasteiger partial charge in [-0.15, -0.1) is 0 Å². The average Bonchev–Trinajstić information content (AvgIpc) is 2.80. The highest BCUT2D eigenvalue weighted by Gasteiger charge is 2.18. The van der Waals surface area contributed by atoms with E-state index >= 15 is 0 Å². The number of nitrogens with zero attached hydrogens (tertiary/aromatic N) is 1. The standard InChI is InChI=1S/C28H36N2O2/c1-21(2)32-25-16-12-23(13-17-25)26(27-8-6-7-9-28(27)31-5)18-19-29-20-22-10-14-24(15-11-22)30(3)4/h6-17,21,26,29H,18-20H2,1-5H3/t26-/m0/s1. The normalized spacial score (nSPS) is 11.9. The smallest absolute Gasteiger partial charge is 0.122 e. The molecule has 3 aromatic rings. The molecule has 1 N–H and O–H groups in total. The van der Waals surface area contributed by atoms with E-state index < -0.39 is 0 Å². The van der Waals surface area contributed by atoms with E-state index in [-0.39, 0.29) is 12.0 Å². The predicted molar refractivity (Wildman–Crippen MR) is 134 cm³/mol. The third-order valence-corrected chi connectivity index (χ3v) is 5.56. The quantitative estimate of drug-likeness (QED) is 0.385.